The van der Waals surface area contributed by atoms with Crippen molar-refractivity contribution in [3.05, 3.63) is 34.3 Å². The maximum absolute atomic E-state index is 11.7. The van der Waals surface area contributed by atoms with E-state index in [1.165, 1.54) is 0 Å². The number of amides is 1. The zero-order chi connectivity index (χ0) is 11.4. The fraction of sp³-hybridized carbons (Fsp3) is 0.417. The smallest absolute Gasteiger partial charge is 0.251 e. The predicted octanol–water partition coefficient (Wildman–Crippen LogP) is 3.18. The fourth-order valence-corrected chi connectivity index (χ4v) is 1.31. The molecule has 0 aromatic heterocycles. The number of hydrogen-bond donors (Lipinski definition) is 1. The summed E-state index contributed by atoms with van der Waals surface area (Å²) in [6.45, 7) is 5.92. The van der Waals surface area contributed by atoms with E-state index in [-0.39, 0.29) is 11.9 Å². The molecule has 0 spiro atoms. The van der Waals surface area contributed by atoms with Gasteiger partial charge in [-0.15, -0.1) is 0 Å². The summed E-state index contributed by atoms with van der Waals surface area (Å²) in [4.78, 5) is 11.7. The first kappa shape index (κ1) is 12.1. The third-order valence-corrected chi connectivity index (χ3v) is 2.83. The van der Waals surface area contributed by atoms with Crippen molar-refractivity contribution in [3.63, 3.8) is 0 Å². The molecule has 1 aromatic rings. The molecule has 2 nitrogen and oxygen atoms in total. The quantitative estimate of drug-likeness (QED) is 0.841. The second-order valence-electron chi connectivity index (χ2n) is 3.75. The Labute approximate surface area is 95.6 Å². The first-order valence-electron chi connectivity index (χ1n) is 5.11. The summed E-state index contributed by atoms with van der Waals surface area (Å²) >= 11 is 5.89. The van der Waals surface area contributed by atoms with Crippen molar-refractivity contribution in [2.45, 2.75) is 33.2 Å². The molecular formula is C12H16ClNO. The van der Waals surface area contributed by atoms with Crippen molar-refractivity contribution in [2.75, 3.05) is 0 Å². The number of benzene rings is 1. The molecule has 0 heterocycles. The lowest BCUT2D eigenvalue weighted by Gasteiger charge is -2.11. The zero-order valence-electron chi connectivity index (χ0n) is 9.30. The molecule has 0 bridgehead atoms. The van der Waals surface area contributed by atoms with Gasteiger partial charge in [-0.3, -0.25) is 4.79 Å². The summed E-state index contributed by atoms with van der Waals surface area (Å²) in [5.41, 5.74) is 1.59. The van der Waals surface area contributed by atoms with Gasteiger partial charge in [-0.1, -0.05) is 18.5 Å². The van der Waals surface area contributed by atoms with Gasteiger partial charge < -0.3 is 5.32 Å². The van der Waals surface area contributed by atoms with Gasteiger partial charge >= 0.3 is 0 Å². The molecule has 0 saturated carbocycles. The van der Waals surface area contributed by atoms with Crippen molar-refractivity contribution in [3.8, 4) is 0 Å². The van der Waals surface area contributed by atoms with Crippen LogP contribution in [0.1, 0.15) is 36.2 Å². The van der Waals surface area contributed by atoms with Gasteiger partial charge in [-0.05, 0) is 44.0 Å². The Morgan fingerprint density at radius 2 is 2.20 bits per heavy atom. The molecule has 1 unspecified atom stereocenters. The molecule has 0 saturated heterocycles. The highest BCUT2D eigenvalue weighted by Gasteiger charge is 2.09. The van der Waals surface area contributed by atoms with Crippen LogP contribution in [-0.4, -0.2) is 11.9 Å². The van der Waals surface area contributed by atoms with Gasteiger partial charge in [0.15, 0.2) is 0 Å². The van der Waals surface area contributed by atoms with E-state index >= 15 is 0 Å². The van der Waals surface area contributed by atoms with E-state index in [2.05, 4.69) is 5.32 Å². The van der Waals surface area contributed by atoms with E-state index < -0.39 is 0 Å². The molecule has 1 N–H and O–H groups in total. The Kier molecular flexibility index (Phi) is 4.15. The highest BCUT2D eigenvalue weighted by molar-refractivity contribution is 6.31. The molecule has 1 amide bonds. The molecule has 0 aliphatic heterocycles. The summed E-state index contributed by atoms with van der Waals surface area (Å²) in [6, 6.07) is 5.50. The summed E-state index contributed by atoms with van der Waals surface area (Å²) in [5, 5.41) is 3.60. The number of halogens is 1. The Bertz CT molecular complexity index is 363. The van der Waals surface area contributed by atoms with Crippen LogP contribution in [0.2, 0.25) is 5.02 Å². The highest BCUT2D eigenvalue weighted by Crippen LogP contribution is 2.16. The lowest BCUT2D eigenvalue weighted by molar-refractivity contribution is 0.0939. The van der Waals surface area contributed by atoms with E-state index in [9.17, 15) is 4.79 Å². The molecule has 0 fully saturated rings. The molecule has 0 aliphatic carbocycles. The SMILES string of the molecule is CCC(C)NC(=O)c1ccc(Cl)c(C)c1. The van der Waals surface area contributed by atoms with Gasteiger partial charge in [-0.2, -0.15) is 0 Å². The minimum atomic E-state index is -0.0379. The first-order valence-corrected chi connectivity index (χ1v) is 5.49. The zero-order valence-corrected chi connectivity index (χ0v) is 10.1. The van der Waals surface area contributed by atoms with Crippen molar-refractivity contribution < 1.29 is 4.79 Å². The van der Waals surface area contributed by atoms with Gasteiger partial charge in [0.05, 0.1) is 0 Å². The van der Waals surface area contributed by atoms with Crippen molar-refractivity contribution >= 4 is 17.5 Å². The fourth-order valence-electron chi connectivity index (χ4n) is 1.20. The Balaban J connectivity index is 2.78. The normalized spacial score (nSPS) is 12.3. The molecule has 82 valence electrons. The van der Waals surface area contributed by atoms with Crippen LogP contribution in [-0.2, 0) is 0 Å². The Hall–Kier alpha value is -1.02. The number of rotatable bonds is 3. The number of aryl methyl sites for hydroxylation is 1. The minimum Gasteiger partial charge on any atom is -0.350 e. The van der Waals surface area contributed by atoms with Crippen LogP contribution in [0.4, 0.5) is 0 Å². The van der Waals surface area contributed by atoms with E-state index in [1.807, 2.05) is 20.8 Å². The average Bonchev–Trinajstić information content (AvgIpc) is 2.21. The monoisotopic (exact) mass is 225 g/mol. The summed E-state index contributed by atoms with van der Waals surface area (Å²) in [7, 11) is 0. The summed E-state index contributed by atoms with van der Waals surface area (Å²) in [5.74, 6) is -0.0379. The highest BCUT2D eigenvalue weighted by atomic mass is 35.5. The van der Waals surface area contributed by atoms with Gasteiger partial charge in [0.25, 0.3) is 5.91 Å². The van der Waals surface area contributed by atoms with Crippen molar-refractivity contribution in [2.24, 2.45) is 0 Å². The maximum atomic E-state index is 11.7. The van der Waals surface area contributed by atoms with Crippen molar-refractivity contribution in [1.29, 1.82) is 0 Å². The lowest BCUT2D eigenvalue weighted by Crippen LogP contribution is -2.31. The van der Waals surface area contributed by atoms with Crippen LogP contribution in [0.25, 0.3) is 0 Å². The van der Waals surface area contributed by atoms with Crippen LogP contribution in [0.5, 0.6) is 0 Å². The van der Waals surface area contributed by atoms with Gasteiger partial charge in [-0.25, -0.2) is 0 Å². The maximum Gasteiger partial charge on any atom is 0.251 e. The Morgan fingerprint density at radius 3 is 2.73 bits per heavy atom. The average molecular weight is 226 g/mol. The topological polar surface area (TPSA) is 29.1 Å². The van der Waals surface area contributed by atoms with Crippen LogP contribution in [0, 0.1) is 6.92 Å². The number of carbonyl (C=O) groups is 1. The van der Waals surface area contributed by atoms with Crippen LogP contribution in [0.15, 0.2) is 18.2 Å². The Morgan fingerprint density at radius 1 is 1.53 bits per heavy atom. The minimum absolute atomic E-state index is 0.0379. The van der Waals surface area contributed by atoms with Crippen molar-refractivity contribution in [1.82, 2.24) is 5.32 Å². The molecule has 15 heavy (non-hydrogen) atoms. The summed E-state index contributed by atoms with van der Waals surface area (Å²) < 4.78 is 0. The molecule has 1 rings (SSSR count). The largest absolute Gasteiger partial charge is 0.350 e. The molecular weight excluding hydrogens is 210 g/mol. The van der Waals surface area contributed by atoms with Gasteiger partial charge in [0.2, 0.25) is 0 Å². The third-order valence-electron chi connectivity index (χ3n) is 2.41. The molecule has 0 aliphatic rings. The second kappa shape index (κ2) is 5.17. The van der Waals surface area contributed by atoms with Crippen LogP contribution >= 0.6 is 11.6 Å². The second-order valence-corrected chi connectivity index (χ2v) is 4.15. The molecule has 1 atom stereocenters. The lowest BCUT2D eigenvalue weighted by atomic mass is 10.1. The molecule has 0 radical (unpaired) electrons. The van der Waals surface area contributed by atoms with Gasteiger partial charge in [0.1, 0.15) is 0 Å². The van der Waals surface area contributed by atoms with E-state index in [0.717, 1.165) is 12.0 Å². The molecule has 1 aromatic carbocycles. The molecule has 3 heteroatoms. The number of hydrogen-bond acceptors (Lipinski definition) is 1. The predicted molar refractivity (Wildman–Crippen MR) is 63.4 cm³/mol. The van der Waals surface area contributed by atoms with E-state index in [0.29, 0.717) is 10.6 Å². The third kappa shape index (κ3) is 3.24. The summed E-state index contributed by atoms with van der Waals surface area (Å²) in [6.07, 6.45) is 0.929. The van der Waals surface area contributed by atoms with Crippen LogP contribution in [0.3, 0.4) is 0 Å². The van der Waals surface area contributed by atoms with E-state index in [1.54, 1.807) is 18.2 Å². The van der Waals surface area contributed by atoms with Gasteiger partial charge in [0, 0.05) is 16.6 Å². The van der Waals surface area contributed by atoms with Crippen LogP contribution < -0.4 is 5.32 Å². The first-order chi connectivity index (χ1) is 7.04. The van der Waals surface area contributed by atoms with E-state index in [4.69, 9.17) is 11.6 Å². The standard InChI is InChI=1S/C12H16ClNO/c1-4-9(3)14-12(15)10-5-6-11(13)8(2)7-10/h5-7,9H,4H2,1-3H3,(H,14,15). The number of carbonyl (C=O) groups excluding carboxylic acids is 1. The number of nitrogens with one attached hydrogen (secondary N) is 1.